The maximum Gasteiger partial charge on any atom is 0.249 e. The Bertz CT molecular complexity index is 1490. The molecule has 1 fully saturated rings. The van der Waals surface area contributed by atoms with Gasteiger partial charge in [0.25, 0.3) is 0 Å². The van der Waals surface area contributed by atoms with Gasteiger partial charge in [0.05, 0.1) is 5.52 Å². The fourth-order valence-corrected chi connectivity index (χ4v) is 5.15. The minimum atomic E-state index is -1.04. The number of nitrogens with zero attached hydrogens (tertiary/aromatic N) is 4. The largest absolute Gasteiger partial charge is 0.508 e. The third-order valence-corrected chi connectivity index (χ3v) is 7.17. The van der Waals surface area contributed by atoms with Crippen molar-refractivity contribution in [2.24, 2.45) is 0 Å². The number of amides is 2. The molecule has 4 aromatic rings. The minimum Gasteiger partial charge on any atom is -0.508 e. The summed E-state index contributed by atoms with van der Waals surface area (Å²) < 4.78 is 1.51. The Hall–Kier alpha value is -4.53. The van der Waals surface area contributed by atoms with E-state index in [2.05, 4.69) is 15.6 Å². The fraction of sp³-hybridized carbons (Fsp3) is 0.300. The summed E-state index contributed by atoms with van der Waals surface area (Å²) in [7, 11) is 0. The molecule has 2 N–H and O–H groups in total. The van der Waals surface area contributed by atoms with Gasteiger partial charge in [0.1, 0.15) is 23.9 Å². The molecule has 1 aliphatic carbocycles. The summed E-state index contributed by atoms with van der Waals surface area (Å²) in [4.78, 5) is 41.8. The highest BCUT2D eigenvalue weighted by Crippen LogP contribution is 2.31. The Balaban J connectivity index is 1.59. The molecule has 200 valence electrons. The zero-order chi connectivity index (χ0) is 27.4. The van der Waals surface area contributed by atoms with Crippen LogP contribution in [0.3, 0.4) is 0 Å². The third kappa shape index (κ3) is 5.82. The number of hydrogen-bond acceptors (Lipinski definition) is 6. The smallest absolute Gasteiger partial charge is 0.249 e. The number of fused-ring (bicyclic) bond motifs is 1. The highest BCUT2D eigenvalue weighted by molar-refractivity contribution is 6.03. The van der Waals surface area contributed by atoms with Crippen LogP contribution in [0.25, 0.3) is 11.0 Å². The Morgan fingerprint density at radius 1 is 1.00 bits per heavy atom. The second kappa shape index (κ2) is 11.5. The Labute approximate surface area is 226 Å². The van der Waals surface area contributed by atoms with Crippen LogP contribution in [0.1, 0.15) is 61.0 Å². The van der Waals surface area contributed by atoms with E-state index in [4.69, 9.17) is 0 Å². The number of hydrogen-bond donors (Lipinski definition) is 2. The van der Waals surface area contributed by atoms with Crippen molar-refractivity contribution in [1.82, 2.24) is 20.3 Å². The Morgan fingerprint density at radius 3 is 2.49 bits per heavy atom. The summed E-state index contributed by atoms with van der Waals surface area (Å²) in [6, 6.07) is 19.3. The second-order valence-electron chi connectivity index (χ2n) is 9.94. The molecule has 1 aromatic heterocycles. The normalized spacial score (nSPS) is 14.6. The molecule has 2 amide bonds. The quantitative estimate of drug-likeness (QED) is 0.326. The number of benzene rings is 3. The zero-order valence-electron chi connectivity index (χ0n) is 21.8. The van der Waals surface area contributed by atoms with Crippen LogP contribution >= 0.6 is 0 Å². The fourth-order valence-electron chi connectivity index (χ4n) is 5.15. The van der Waals surface area contributed by atoms with Gasteiger partial charge < -0.3 is 10.4 Å². The molecule has 1 heterocycles. The first-order valence-electron chi connectivity index (χ1n) is 13.2. The first-order valence-corrected chi connectivity index (χ1v) is 13.2. The zero-order valence-corrected chi connectivity index (χ0v) is 21.8. The van der Waals surface area contributed by atoms with Gasteiger partial charge >= 0.3 is 0 Å². The van der Waals surface area contributed by atoms with Gasteiger partial charge in [-0.3, -0.25) is 19.3 Å². The molecule has 3 aromatic carbocycles. The Kier molecular flexibility index (Phi) is 7.67. The number of nitrogens with one attached hydrogen (secondary N) is 1. The number of carbonyl (C=O) groups is 3. The van der Waals surface area contributed by atoms with Crippen LogP contribution in [0.2, 0.25) is 0 Å². The van der Waals surface area contributed by atoms with Gasteiger partial charge in [-0.1, -0.05) is 60.9 Å². The van der Waals surface area contributed by atoms with Crippen molar-refractivity contribution in [2.75, 3.05) is 4.90 Å². The van der Waals surface area contributed by atoms with E-state index in [0.29, 0.717) is 27.8 Å². The molecule has 1 saturated carbocycles. The molecule has 1 unspecified atom stereocenters. The lowest BCUT2D eigenvalue weighted by molar-refractivity contribution is -0.127. The molecule has 9 heteroatoms. The molecular formula is C30H31N5O4. The van der Waals surface area contributed by atoms with Gasteiger partial charge in [0.15, 0.2) is 5.78 Å². The molecule has 0 radical (unpaired) electrons. The van der Waals surface area contributed by atoms with E-state index in [1.54, 1.807) is 36.4 Å². The molecule has 1 atom stereocenters. The highest BCUT2D eigenvalue weighted by Gasteiger charge is 2.34. The predicted molar refractivity (Wildman–Crippen MR) is 147 cm³/mol. The molecule has 5 rings (SSSR count). The third-order valence-electron chi connectivity index (χ3n) is 7.17. The van der Waals surface area contributed by atoms with Gasteiger partial charge in [-0.15, -0.1) is 5.10 Å². The summed E-state index contributed by atoms with van der Waals surface area (Å²) in [5.74, 6) is -0.823. The lowest BCUT2D eigenvalue weighted by atomic mass is 9.94. The topological polar surface area (TPSA) is 117 Å². The summed E-state index contributed by atoms with van der Waals surface area (Å²) >= 11 is 0. The van der Waals surface area contributed by atoms with Gasteiger partial charge in [0, 0.05) is 17.3 Å². The van der Waals surface area contributed by atoms with Gasteiger partial charge in [-0.2, -0.15) is 0 Å². The summed E-state index contributed by atoms with van der Waals surface area (Å²) in [6.45, 7) is 1.29. The van der Waals surface area contributed by atoms with Crippen LogP contribution in [0.4, 0.5) is 5.69 Å². The molecular weight excluding hydrogens is 494 g/mol. The monoisotopic (exact) mass is 525 g/mol. The van der Waals surface area contributed by atoms with E-state index >= 15 is 0 Å². The number of aromatic nitrogens is 3. The van der Waals surface area contributed by atoms with Crippen molar-refractivity contribution in [1.29, 1.82) is 0 Å². The van der Waals surface area contributed by atoms with E-state index in [1.807, 2.05) is 24.3 Å². The summed E-state index contributed by atoms with van der Waals surface area (Å²) in [5, 5.41) is 21.4. The van der Waals surface area contributed by atoms with Crippen LogP contribution in [0.5, 0.6) is 5.75 Å². The number of phenols is 1. The van der Waals surface area contributed by atoms with Crippen molar-refractivity contribution < 1.29 is 19.5 Å². The lowest BCUT2D eigenvalue weighted by Gasteiger charge is -2.33. The number of anilines is 1. The lowest BCUT2D eigenvalue weighted by Crippen LogP contribution is -2.48. The van der Waals surface area contributed by atoms with Crippen LogP contribution in [0.15, 0.2) is 72.8 Å². The molecule has 39 heavy (non-hydrogen) atoms. The number of Topliss-reactive ketones (excluding diaryl/α,β-unsaturated/α-hetero) is 1. The van der Waals surface area contributed by atoms with Crippen LogP contribution < -0.4 is 10.2 Å². The van der Waals surface area contributed by atoms with Crippen molar-refractivity contribution in [2.45, 2.75) is 57.7 Å². The average molecular weight is 526 g/mol. The first-order chi connectivity index (χ1) is 18.9. The molecule has 0 spiro atoms. The van der Waals surface area contributed by atoms with E-state index < -0.39 is 11.9 Å². The summed E-state index contributed by atoms with van der Waals surface area (Å²) in [6.07, 6.45) is 4.98. The number of phenolic OH excluding ortho intramolecular Hbond substituents is 1. The number of para-hydroxylation sites is 1. The standard InChI is InChI=1S/C30H31N5O4/c1-20(36)22-8-7-11-24(18-22)35(28(38)19-34-27-13-6-5-12-26(27)32-33-34)29(21-14-16-25(37)17-15-21)30(39)31-23-9-3-2-4-10-23/h5-8,11-18,23,29,37H,2-4,9-10,19H2,1H3,(H,31,39). The van der Waals surface area contributed by atoms with Gasteiger partial charge in [0.2, 0.25) is 11.8 Å². The number of carbonyl (C=O) groups excluding carboxylic acids is 3. The SMILES string of the molecule is CC(=O)c1cccc(N(C(=O)Cn2nnc3ccccc32)C(C(=O)NC2CCCCC2)c2ccc(O)cc2)c1. The maximum atomic E-state index is 14.1. The van der Waals surface area contributed by atoms with Crippen molar-refractivity contribution in [3.8, 4) is 5.75 Å². The van der Waals surface area contributed by atoms with Crippen LogP contribution in [-0.2, 0) is 16.1 Å². The second-order valence-corrected chi connectivity index (χ2v) is 9.94. The Morgan fingerprint density at radius 2 is 1.74 bits per heavy atom. The van der Waals surface area contributed by atoms with E-state index in [-0.39, 0.29) is 30.0 Å². The minimum absolute atomic E-state index is 0.0191. The van der Waals surface area contributed by atoms with Crippen LogP contribution in [0, 0.1) is 0 Å². The van der Waals surface area contributed by atoms with Gasteiger partial charge in [-0.25, -0.2) is 4.68 Å². The average Bonchev–Trinajstić information content (AvgIpc) is 3.35. The molecule has 0 bridgehead atoms. The summed E-state index contributed by atoms with van der Waals surface area (Å²) in [5.41, 5.74) is 2.71. The maximum absolute atomic E-state index is 14.1. The molecule has 0 saturated heterocycles. The van der Waals surface area contributed by atoms with E-state index in [0.717, 1.165) is 32.1 Å². The number of rotatable bonds is 8. The van der Waals surface area contributed by atoms with Crippen LogP contribution in [-0.4, -0.2) is 43.7 Å². The van der Waals surface area contributed by atoms with Crippen molar-refractivity contribution in [3.05, 3.63) is 83.9 Å². The molecule has 1 aliphatic rings. The molecule has 9 nitrogen and oxygen atoms in total. The number of ketones is 1. The van der Waals surface area contributed by atoms with E-state index in [9.17, 15) is 19.5 Å². The van der Waals surface area contributed by atoms with Crippen molar-refractivity contribution in [3.63, 3.8) is 0 Å². The highest BCUT2D eigenvalue weighted by atomic mass is 16.3. The number of aromatic hydroxyl groups is 1. The van der Waals surface area contributed by atoms with Gasteiger partial charge in [-0.05, 0) is 61.7 Å². The first kappa shape index (κ1) is 26.1. The predicted octanol–water partition coefficient (Wildman–Crippen LogP) is 4.56. The molecule has 0 aliphatic heterocycles. The van der Waals surface area contributed by atoms with Crippen molar-refractivity contribution >= 4 is 34.3 Å². The van der Waals surface area contributed by atoms with E-state index in [1.165, 1.54) is 28.6 Å².